The number of hydrogen-bond donors (Lipinski definition) is 0. The Morgan fingerprint density at radius 3 is 2.27 bits per heavy atom. The second-order valence-electron chi connectivity index (χ2n) is 4.78. The molecule has 1 aliphatic rings. The van der Waals surface area contributed by atoms with Gasteiger partial charge in [-0.25, -0.2) is 0 Å². The van der Waals surface area contributed by atoms with Gasteiger partial charge in [-0.3, -0.25) is 0 Å². The molecule has 1 unspecified atom stereocenters. The van der Waals surface area contributed by atoms with Crippen LogP contribution in [0.5, 0.6) is 0 Å². The molecule has 0 amide bonds. The third-order valence-electron chi connectivity index (χ3n) is 3.18. The summed E-state index contributed by atoms with van der Waals surface area (Å²) in [4.78, 5) is 0. The van der Waals surface area contributed by atoms with Gasteiger partial charge in [0, 0.05) is 0 Å². The number of halogens is 2. The molecule has 0 saturated heterocycles. The number of benzene rings is 1. The molecule has 1 aromatic carbocycles. The quantitative estimate of drug-likeness (QED) is 0.689. The van der Waals surface area contributed by atoms with Gasteiger partial charge in [0.15, 0.2) is 0 Å². The Balaban J connectivity index is 2.29. The average Bonchev–Trinajstić information content (AvgIpc) is 2.95. The average molecular weight is 243 g/mol. The van der Waals surface area contributed by atoms with Crippen molar-refractivity contribution in [2.45, 2.75) is 32.6 Å². The molecular weight excluding hydrogens is 227 g/mol. The molecule has 0 nitrogen and oxygen atoms in total. The molecule has 1 atom stereocenters. The van der Waals surface area contributed by atoms with Crippen molar-refractivity contribution in [3.05, 3.63) is 33.8 Å². The van der Waals surface area contributed by atoms with Gasteiger partial charge < -0.3 is 0 Å². The first-order valence-electron chi connectivity index (χ1n) is 5.54. The lowest BCUT2D eigenvalue weighted by atomic mass is 9.84. The lowest BCUT2D eigenvalue weighted by Gasteiger charge is -2.21. The molecule has 0 heterocycles. The van der Waals surface area contributed by atoms with Crippen molar-refractivity contribution >= 4 is 23.2 Å². The van der Waals surface area contributed by atoms with Crippen LogP contribution in [0.15, 0.2) is 18.2 Å². The minimum absolute atomic E-state index is 0.652. The maximum atomic E-state index is 6.06. The molecule has 1 fully saturated rings. The zero-order valence-corrected chi connectivity index (χ0v) is 10.6. The van der Waals surface area contributed by atoms with Gasteiger partial charge in [0.05, 0.1) is 10.0 Å². The Labute approximate surface area is 102 Å². The zero-order valence-electron chi connectivity index (χ0n) is 9.13. The Hall–Kier alpha value is -0.200. The topological polar surface area (TPSA) is 0 Å². The van der Waals surface area contributed by atoms with Crippen LogP contribution in [0.4, 0.5) is 0 Å². The molecule has 0 spiro atoms. The molecule has 0 aliphatic heterocycles. The summed E-state index contributed by atoms with van der Waals surface area (Å²) in [7, 11) is 0. The molecule has 0 N–H and O–H groups in total. The van der Waals surface area contributed by atoms with E-state index in [0.29, 0.717) is 21.9 Å². The van der Waals surface area contributed by atoms with E-state index in [-0.39, 0.29) is 0 Å². The van der Waals surface area contributed by atoms with Crippen molar-refractivity contribution in [1.29, 1.82) is 0 Å². The van der Waals surface area contributed by atoms with E-state index in [0.717, 1.165) is 5.92 Å². The van der Waals surface area contributed by atoms with Gasteiger partial charge in [-0.15, -0.1) is 0 Å². The van der Waals surface area contributed by atoms with Crippen molar-refractivity contribution in [1.82, 2.24) is 0 Å². The normalized spacial score (nSPS) is 18.2. The smallest absolute Gasteiger partial charge is 0.0595 e. The van der Waals surface area contributed by atoms with Crippen LogP contribution in [0.1, 0.15) is 38.2 Å². The predicted octanol–water partition coefficient (Wildman–Crippen LogP) is 5.14. The standard InChI is InChI=1S/C13H16Cl2/c1-8(2)13(9-3-4-9)10-5-6-11(14)12(15)7-10/h5-9,13H,3-4H2,1-2H3. The second kappa shape index (κ2) is 4.35. The highest BCUT2D eigenvalue weighted by Crippen LogP contribution is 2.47. The van der Waals surface area contributed by atoms with E-state index in [4.69, 9.17) is 23.2 Å². The Morgan fingerprint density at radius 1 is 1.13 bits per heavy atom. The lowest BCUT2D eigenvalue weighted by molar-refractivity contribution is 0.450. The molecule has 1 aliphatic carbocycles. The Kier molecular flexibility index (Phi) is 3.27. The molecule has 2 heteroatoms. The maximum absolute atomic E-state index is 6.06. The molecule has 2 rings (SSSR count). The summed E-state index contributed by atoms with van der Waals surface area (Å²) in [6, 6.07) is 6.07. The Morgan fingerprint density at radius 2 is 1.80 bits per heavy atom. The van der Waals surface area contributed by atoms with Gasteiger partial charge in [0.25, 0.3) is 0 Å². The van der Waals surface area contributed by atoms with E-state index >= 15 is 0 Å². The highest BCUT2D eigenvalue weighted by atomic mass is 35.5. The van der Waals surface area contributed by atoms with Gasteiger partial charge in [-0.2, -0.15) is 0 Å². The molecule has 0 radical (unpaired) electrons. The van der Waals surface area contributed by atoms with Crippen LogP contribution in [-0.4, -0.2) is 0 Å². The van der Waals surface area contributed by atoms with Crippen LogP contribution < -0.4 is 0 Å². The molecule has 82 valence electrons. The van der Waals surface area contributed by atoms with Gasteiger partial charge in [0.2, 0.25) is 0 Å². The fourth-order valence-electron chi connectivity index (χ4n) is 2.38. The minimum Gasteiger partial charge on any atom is -0.0827 e. The van der Waals surface area contributed by atoms with Crippen LogP contribution in [0.25, 0.3) is 0 Å². The lowest BCUT2D eigenvalue weighted by Crippen LogP contribution is -2.08. The van der Waals surface area contributed by atoms with Crippen molar-refractivity contribution in [2.75, 3.05) is 0 Å². The predicted molar refractivity (Wildman–Crippen MR) is 66.8 cm³/mol. The fourth-order valence-corrected chi connectivity index (χ4v) is 2.68. The summed E-state index contributed by atoms with van der Waals surface area (Å²) in [5.41, 5.74) is 1.35. The summed E-state index contributed by atoms with van der Waals surface area (Å²) in [6.07, 6.45) is 2.73. The maximum Gasteiger partial charge on any atom is 0.0595 e. The number of rotatable bonds is 3. The summed E-state index contributed by atoms with van der Waals surface area (Å²) in [6.45, 7) is 4.57. The molecular formula is C13H16Cl2. The molecule has 15 heavy (non-hydrogen) atoms. The second-order valence-corrected chi connectivity index (χ2v) is 5.60. The largest absolute Gasteiger partial charge is 0.0827 e. The molecule has 1 aromatic rings. The van der Waals surface area contributed by atoms with Gasteiger partial charge >= 0.3 is 0 Å². The van der Waals surface area contributed by atoms with Crippen LogP contribution in [0, 0.1) is 11.8 Å². The van der Waals surface area contributed by atoms with Gasteiger partial charge in [-0.05, 0) is 48.3 Å². The first-order valence-corrected chi connectivity index (χ1v) is 6.30. The van der Waals surface area contributed by atoms with Crippen LogP contribution >= 0.6 is 23.2 Å². The SMILES string of the molecule is CC(C)C(c1ccc(Cl)c(Cl)c1)C1CC1. The monoisotopic (exact) mass is 242 g/mol. The third-order valence-corrected chi connectivity index (χ3v) is 3.92. The van der Waals surface area contributed by atoms with Crippen molar-refractivity contribution in [3.8, 4) is 0 Å². The van der Waals surface area contributed by atoms with E-state index in [1.54, 1.807) is 0 Å². The number of hydrogen-bond acceptors (Lipinski definition) is 0. The summed E-state index contributed by atoms with van der Waals surface area (Å²) < 4.78 is 0. The minimum atomic E-state index is 0.652. The van der Waals surface area contributed by atoms with Crippen LogP contribution in [-0.2, 0) is 0 Å². The van der Waals surface area contributed by atoms with Crippen molar-refractivity contribution in [2.24, 2.45) is 11.8 Å². The van der Waals surface area contributed by atoms with Crippen molar-refractivity contribution < 1.29 is 0 Å². The van der Waals surface area contributed by atoms with Gasteiger partial charge in [-0.1, -0.05) is 43.1 Å². The summed E-state index contributed by atoms with van der Waals surface area (Å²) in [5.74, 6) is 2.19. The Bertz CT molecular complexity index is 352. The van der Waals surface area contributed by atoms with Crippen LogP contribution in [0.2, 0.25) is 10.0 Å². The summed E-state index contributed by atoms with van der Waals surface area (Å²) in [5, 5.41) is 1.33. The van der Waals surface area contributed by atoms with Gasteiger partial charge in [0.1, 0.15) is 0 Å². The third kappa shape index (κ3) is 2.49. The highest BCUT2D eigenvalue weighted by Gasteiger charge is 2.34. The van der Waals surface area contributed by atoms with E-state index < -0.39 is 0 Å². The highest BCUT2D eigenvalue weighted by molar-refractivity contribution is 6.42. The first kappa shape index (κ1) is 11.3. The van der Waals surface area contributed by atoms with E-state index in [2.05, 4.69) is 19.9 Å². The fraction of sp³-hybridized carbons (Fsp3) is 0.538. The van der Waals surface area contributed by atoms with E-state index in [9.17, 15) is 0 Å². The molecule has 0 bridgehead atoms. The summed E-state index contributed by atoms with van der Waals surface area (Å²) >= 11 is 12.0. The molecule has 0 aromatic heterocycles. The molecule has 1 saturated carbocycles. The van der Waals surface area contributed by atoms with E-state index in [1.807, 2.05) is 12.1 Å². The zero-order chi connectivity index (χ0) is 11.0. The first-order chi connectivity index (χ1) is 7.09. The van der Waals surface area contributed by atoms with Crippen molar-refractivity contribution in [3.63, 3.8) is 0 Å². The van der Waals surface area contributed by atoms with E-state index in [1.165, 1.54) is 18.4 Å². The van der Waals surface area contributed by atoms with Crippen LogP contribution in [0.3, 0.4) is 0 Å².